The first-order chi connectivity index (χ1) is 9.11. The molecule has 1 spiro atoms. The zero-order valence-corrected chi connectivity index (χ0v) is 9.97. The lowest BCUT2D eigenvalue weighted by atomic mass is 9.87. The molecular formula is C10H12N6O3. The van der Waals surface area contributed by atoms with Gasteiger partial charge in [0.2, 0.25) is 5.82 Å². The molecule has 2 saturated heterocycles. The van der Waals surface area contributed by atoms with Crippen LogP contribution in [-0.2, 0) is 4.79 Å². The molecule has 2 aliphatic heterocycles. The molecule has 0 aliphatic carbocycles. The highest BCUT2D eigenvalue weighted by atomic mass is 16.2. The lowest BCUT2D eigenvalue weighted by molar-refractivity contribution is -0.125. The number of hydrogen-bond acceptors (Lipinski definition) is 5. The smallest absolute Gasteiger partial charge is 0.322 e. The minimum Gasteiger partial charge on any atom is -0.336 e. The van der Waals surface area contributed by atoms with Gasteiger partial charge in [0.05, 0.1) is 0 Å². The normalized spacial score (nSPS) is 21.4. The van der Waals surface area contributed by atoms with E-state index in [0.29, 0.717) is 25.9 Å². The fraction of sp³-hybridized carbons (Fsp3) is 0.500. The maximum absolute atomic E-state index is 12.0. The van der Waals surface area contributed by atoms with Crippen molar-refractivity contribution in [1.29, 1.82) is 0 Å². The highest BCUT2D eigenvalue weighted by Crippen LogP contribution is 2.25. The summed E-state index contributed by atoms with van der Waals surface area (Å²) < 4.78 is 0. The molecule has 0 radical (unpaired) electrons. The van der Waals surface area contributed by atoms with E-state index in [9.17, 15) is 14.4 Å². The van der Waals surface area contributed by atoms with E-state index in [1.54, 1.807) is 4.90 Å². The number of piperidine rings is 1. The number of hydrogen-bond donors (Lipinski definition) is 3. The van der Waals surface area contributed by atoms with Crippen LogP contribution >= 0.6 is 0 Å². The predicted molar refractivity (Wildman–Crippen MR) is 60.9 cm³/mol. The van der Waals surface area contributed by atoms with E-state index < -0.39 is 11.6 Å². The van der Waals surface area contributed by atoms with Crippen LogP contribution in [0.3, 0.4) is 0 Å². The van der Waals surface area contributed by atoms with Crippen LogP contribution in [0.1, 0.15) is 23.5 Å². The van der Waals surface area contributed by atoms with Crippen LogP contribution in [0.25, 0.3) is 0 Å². The lowest BCUT2D eigenvalue weighted by Crippen LogP contribution is -2.55. The molecule has 1 aromatic heterocycles. The Labute approximate surface area is 107 Å². The Morgan fingerprint density at radius 3 is 2.58 bits per heavy atom. The zero-order valence-electron chi connectivity index (χ0n) is 9.97. The molecule has 1 aromatic rings. The van der Waals surface area contributed by atoms with Gasteiger partial charge in [-0.15, -0.1) is 0 Å². The fourth-order valence-electron chi connectivity index (χ4n) is 2.43. The third-order valence-electron chi connectivity index (χ3n) is 3.54. The maximum Gasteiger partial charge on any atom is 0.322 e. The number of rotatable bonds is 1. The largest absolute Gasteiger partial charge is 0.336 e. The zero-order chi connectivity index (χ0) is 13.5. The summed E-state index contributed by atoms with van der Waals surface area (Å²) in [5.74, 6) is -0.391. The van der Waals surface area contributed by atoms with E-state index in [2.05, 4.69) is 25.8 Å². The van der Waals surface area contributed by atoms with Crippen LogP contribution in [0.2, 0.25) is 0 Å². The first-order valence-electron chi connectivity index (χ1n) is 5.89. The van der Waals surface area contributed by atoms with E-state index in [4.69, 9.17) is 0 Å². The van der Waals surface area contributed by atoms with Crippen molar-refractivity contribution in [3.8, 4) is 0 Å². The topological polar surface area (TPSA) is 120 Å². The van der Waals surface area contributed by atoms with Crippen LogP contribution in [-0.4, -0.2) is 56.6 Å². The van der Waals surface area contributed by atoms with E-state index in [0.717, 1.165) is 0 Å². The Hall–Kier alpha value is -2.45. The summed E-state index contributed by atoms with van der Waals surface area (Å²) in [6.07, 6.45) is 2.05. The van der Waals surface area contributed by atoms with Gasteiger partial charge in [0, 0.05) is 13.1 Å². The summed E-state index contributed by atoms with van der Waals surface area (Å²) in [5.41, 5.74) is -0.866. The number of carbonyl (C=O) groups excluding carboxylic acids is 3. The van der Waals surface area contributed by atoms with Crippen molar-refractivity contribution in [2.75, 3.05) is 13.1 Å². The molecule has 9 heteroatoms. The fourth-order valence-corrected chi connectivity index (χ4v) is 2.43. The maximum atomic E-state index is 12.0. The number of carbonyl (C=O) groups is 3. The standard InChI is InChI=1S/C10H12N6O3/c17-7(6-11-5-12-15-6)16-3-1-10(2-4-16)8(18)13-9(19)14-10/h5H,1-4H2,(H,11,12,15)(H2,13,14,18,19). The molecule has 3 rings (SSSR count). The summed E-state index contributed by atoms with van der Waals surface area (Å²) in [7, 11) is 0. The minimum absolute atomic E-state index is 0.177. The first-order valence-corrected chi connectivity index (χ1v) is 5.89. The summed E-state index contributed by atoms with van der Waals surface area (Å²) in [6, 6.07) is -0.472. The molecule has 0 saturated carbocycles. The average Bonchev–Trinajstić information content (AvgIpc) is 2.99. The molecular weight excluding hydrogens is 252 g/mol. The summed E-state index contributed by atoms with van der Waals surface area (Å²) in [4.78, 5) is 40.3. The van der Waals surface area contributed by atoms with Gasteiger partial charge in [0.15, 0.2) is 0 Å². The second kappa shape index (κ2) is 4.04. The average molecular weight is 264 g/mol. The number of likely N-dealkylation sites (tertiary alicyclic amines) is 1. The van der Waals surface area contributed by atoms with Crippen molar-refractivity contribution < 1.29 is 14.4 Å². The second-order valence-electron chi connectivity index (χ2n) is 4.62. The van der Waals surface area contributed by atoms with Crippen LogP contribution in [0, 0.1) is 0 Å². The van der Waals surface area contributed by atoms with E-state index in [1.807, 2.05) is 0 Å². The second-order valence-corrected chi connectivity index (χ2v) is 4.62. The third-order valence-corrected chi connectivity index (χ3v) is 3.54. The molecule has 2 fully saturated rings. The number of nitrogens with one attached hydrogen (secondary N) is 3. The Bertz CT molecular complexity index is 531. The van der Waals surface area contributed by atoms with Crippen molar-refractivity contribution in [3.63, 3.8) is 0 Å². The van der Waals surface area contributed by atoms with Crippen molar-refractivity contribution in [2.45, 2.75) is 18.4 Å². The summed E-state index contributed by atoms with van der Waals surface area (Å²) in [5, 5.41) is 11.0. The van der Waals surface area contributed by atoms with Crippen LogP contribution in [0.15, 0.2) is 6.33 Å². The SMILES string of the molecule is O=C1NC(=O)C2(CCN(C(=O)c3ncn[nH]3)CC2)N1. The predicted octanol–water partition coefficient (Wildman–Crippen LogP) is -1.38. The number of imide groups is 1. The van der Waals surface area contributed by atoms with Gasteiger partial charge in [-0.1, -0.05) is 0 Å². The summed E-state index contributed by atoms with van der Waals surface area (Å²) >= 11 is 0. The summed E-state index contributed by atoms with van der Waals surface area (Å²) in [6.45, 7) is 0.764. The quantitative estimate of drug-likeness (QED) is 0.540. The van der Waals surface area contributed by atoms with Crippen LogP contribution in [0.4, 0.5) is 4.79 Å². The van der Waals surface area contributed by atoms with Gasteiger partial charge in [0.25, 0.3) is 11.8 Å². The van der Waals surface area contributed by atoms with Gasteiger partial charge in [-0.25, -0.2) is 9.78 Å². The molecule has 100 valence electrons. The molecule has 0 bridgehead atoms. The Kier molecular flexibility index (Phi) is 2.47. The van der Waals surface area contributed by atoms with Gasteiger partial charge in [-0.05, 0) is 12.8 Å². The number of amides is 4. The van der Waals surface area contributed by atoms with Gasteiger partial charge in [-0.2, -0.15) is 5.10 Å². The van der Waals surface area contributed by atoms with Gasteiger partial charge >= 0.3 is 6.03 Å². The Balaban J connectivity index is 1.68. The third kappa shape index (κ3) is 1.83. The number of nitrogens with zero attached hydrogens (tertiary/aromatic N) is 3. The first kappa shape index (κ1) is 11.6. The highest BCUT2D eigenvalue weighted by molar-refractivity contribution is 6.07. The molecule has 0 aromatic carbocycles. The van der Waals surface area contributed by atoms with Crippen molar-refractivity contribution in [3.05, 3.63) is 12.2 Å². The molecule has 4 amide bonds. The molecule has 3 heterocycles. The molecule has 3 N–H and O–H groups in total. The highest BCUT2D eigenvalue weighted by Gasteiger charge is 2.48. The number of aromatic amines is 1. The molecule has 2 aliphatic rings. The van der Waals surface area contributed by atoms with Gasteiger partial charge in [-0.3, -0.25) is 20.0 Å². The van der Waals surface area contributed by atoms with Crippen molar-refractivity contribution in [1.82, 2.24) is 30.7 Å². The monoisotopic (exact) mass is 264 g/mol. The van der Waals surface area contributed by atoms with Crippen molar-refractivity contribution in [2.24, 2.45) is 0 Å². The van der Waals surface area contributed by atoms with Crippen LogP contribution < -0.4 is 10.6 Å². The van der Waals surface area contributed by atoms with Gasteiger partial charge < -0.3 is 10.2 Å². The minimum atomic E-state index is -0.866. The molecule has 0 unspecified atom stereocenters. The Morgan fingerprint density at radius 1 is 1.32 bits per heavy atom. The van der Waals surface area contributed by atoms with E-state index >= 15 is 0 Å². The molecule has 19 heavy (non-hydrogen) atoms. The number of H-pyrrole nitrogens is 1. The molecule has 9 nitrogen and oxygen atoms in total. The lowest BCUT2D eigenvalue weighted by Gasteiger charge is -2.36. The molecule has 0 atom stereocenters. The van der Waals surface area contributed by atoms with E-state index in [1.165, 1.54) is 6.33 Å². The number of aromatic nitrogens is 3. The van der Waals surface area contributed by atoms with Crippen molar-refractivity contribution >= 4 is 17.8 Å². The number of urea groups is 1. The van der Waals surface area contributed by atoms with Gasteiger partial charge in [0.1, 0.15) is 11.9 Å². The Morgan fingerprint density at radius 2 is 2.05 bits per heavy atom. The van der Waals surface area contributed by atoms with Crippen LogP contribution in [0.5, 0.6) is 0 Å². The van der Waals surface area contributed by atoms with E-state index in [-0.39, 0.29) is 17.6 Å².